The van der Waals surface area contributed by atoms with E-state index in [4.69, 9.17) is 0 Å². The second-order valence-electron chi connectivity index (χ2n) is 2.22. The molecule has 0 rings (SSSR count). The molecule has 0 atom stereocenters. The molecule has 0 heterocycles. The highest BCUT2D eigenvalue weighted by Crippen LogP contribution is 1.82. The van der Waals surface area contributed by atoms with Crippen LogP contribution in [0.1, 0.15) is 19.8 Å². The minimum atomic E-state index is -0.0197. The Morgan fingerprint density at radius 1 is 1.64 bits per heavy atom. The van der Waals surface area contributed by atoms with Crippen molar-refractivity contribution in [3.05, 3.63) is 24.8 Å². The summed E-state index contributed by atoms with van der Waals surface area (Å²) >= 11 is 0. The van der Waals surface area contributed by atoms with E-state index in [0.29, 0.717) is 0 Å². The van der Waals surface area contributed by atoms with E-state index in [-0.39, 0.29) is 5.91 Å². The smallest absolute Gasteiger partial charge is 0.243 e. The minimum absolute atomic E-state index is 0.0197. The molecule has 0 bridgehead atoms. The summed E-state index contributed by atoms with van der Waals surface area (Å²) in [5, 5.41) is 2.73. The first-order valence-corrected chi connectivity index (χ1v) is 3.86. The number of hydrogen-bond acceptors (Lipinski definition) is 1. The maximum absolute atomic E-state index is 10.8. The van der Waals surface area contributed by atoms with Gasteiger partial charge in [-0.25, -0.2) is 0 Å². The van der Waals surface area contributed by atoms with Crippen LogP contribution in [0.25, 0.3) is 0 Å². The SMILES string of the molecule is C=CCC=CC(=O)NCCC. The Labute approximate surface area is 68.0 Å². The maximum Gasteiger partial charge on any atom is 0.243 e. The van der Waals surface area contributed by atoms with E-state index >= 15 is 0 Å². The molecule has 0 radical (unpaired) electrons. The summed E-state index contributed by atoms with van der Waals surface area (Å²) in [6, 6.07) is 0. The highest BCUT2D eigenvalue weighted by molar-refractivity contribution is 5.87. The largest absolute Gasteiger partial charge is 0.353 e. The quantitative estimate of drug-likeness (QED) is 0.472. The van der Waals surface area contributed by atoms with Crippen molar-refractivity contribution in [1.82, 2.24) is 5.32 Å². The van der Waals surface area contributed by atoms with Gasteiger partial charge < -0.3 is 5.32 Å². The summed E-state index contributed by atoms with van der Waals surface area (Å²) in [7, 11) is 0. The summed E-state index contributed by atoms with van der Waals surface area (Å²) in [6.45, 7) is 6.31. The second-order valence-corrected chi connectivity index (χ2v) is 2.22. The van der Waals surface area contributed by atoms with Gasteiger partial charge in [-0.1, -0.05) is 19.1 Å². The average Bonchev–Trinajstić information content (AvgIpc) is 2.01. The standard InChI is InChI=1S/C9H15NO/c1-3-5-6-7-9(11)10-8-4-2/h3,6-7H,1,4-5,8H2,2H3,(H,10,11). The molecule has 0 spiro atoms. The van der Waals surface area contributed by atoms with Gasteiger partial charge in [0.25, 0.3) is 0 Å². The van der Waals surface area contributed by atoms with E-state index in [1.54, 1.807) is 12.2 Å². The number of carbonyl (C=O) groups is 1. The summed E-state index contributed by atoms with van der Waals surface area (Å²) in [6.07, 6.45) is 6.81. The van der Waals surface area contributed by atoms with Crippen molar-refractivity contribution in [2.75, 3.05) is 6.54 Å². The van der Waals surface area contributed by atoms with Gasteiger partial charge in [0, 0.05) is 6.54 Å². The van der Waals surface area contributed by atoms with E-state index in [2.05, 4.69) is 11.9 Å². The summed E-state index contributed by atoms with van der Waals surface area (Å²) in [4.78, 5) is 10.8. The Kier molecular flexibility index (Phi) is 6.39. The van der Waals surface area contributed by atoms with Crippen LogP contribution in [0.15, 0.2) is 24.8 Å². The molecule has 1 amide bonds. The topological polar surface area (TPSA) is 29.1 Å². The van der Waals surface area contributed by atoms with Crippen LogP contribution in [0.4, 0.5) is 0 Å². The maximum atomic E-state index is 10.8. The van der Waals surface area contributed by atoms with Crippen molar-refractivity contribution in [3.63, 3.8) is 0 Å². The lowest BCUT2D eigenvalue weighted by molar-refractivity contribution is -0.116. The number of carbonyl (C=O) groups excluding carboxylic acids is 1. The van der Waals surface area contributed by atoms with Gasteiger partial charge in [0.1, 0.15) is 0 Å². The zero-order valence-electron chi connectivity index (χ0n) is 6.97. The summed E-state index contributed by atoms with van der Waals surface area (Å²) in [5.74, 6) is -0.0197. The summed E-state index contributed by atoms with van der Waals surface area (Å²) < 4.78 is 0. The fourth-order valence-corrected chi connectivity index (χ4v) is 0.578. The second kappa shape index (κ2) is 7.06. The van der Waals surface area contributed by atoms with Gasteiger partial charge in [0.15, 0.2) is 0 Å². The Hall–Kier alpha value is -1.05. The van der Waals surface area contributed by atoms with Crippen molar-refractivity contribution in [2.45, 2.75) is 19.8 Å². The van der Waals surface area contributed by atoms with Crippen LogP contribution in [-0.4, -0.2) is 12.5 Å². The lowest BCUT2D eigenvalue weighted by atomic mass is 10.3. The van der Waals surface area contributed by atoms with Crippen LogP contribution in [-0.2, 0) is 4.79 Å². The van der Waals surface area contributed by atoms with Gasteiger partial charge >= 0.3 is 0 Å². The predicted molar refractivity (Wildman–Crippen MR) is 47.3 cm³/mol. The number of rotatable bonds is 5. The van der Waals surface area contributed by atoms with Crippen molar-refractivity contribution in [3.8, 4) is 0 Å². The molecule has 0 fully saturated rings. The molecule has 0 saturated carbocycles. The Morgan fingerprint density at radius 2 is 2.36 bits per heavy atom. The number of nitrogens with one attached hydrogen (secondary N) is 1. The molecule has 62 valence electrons. The van der Waals surface area contributed by atoms with Crippen LogP contribution >= 0.6 is 0 Å². The molecular weight excluding hydrogens is 138 g/mol. The lowest BCUT2D eigenvalue weighted by Gasteiger charge is -1.96. The van der Waals surface area contributed by atoms with Gasteiger partial charge in [-0.05, 0) is 18.9 Å². The molecule has 0 aliphatic carbocycles. The minimum Gasteiger partial charge on any atom is -0.353 e. The Bertz CT molecular complexity index is 150. The van der Waals surface area contributed by atoms with Crippen LogP contribution in [0.2, 0.25) is 0 Å². The number of amides is 1. The fraction of sp³-hybridized carbons (Fsp3) is 0.444. The number of hydrogen-bond donors (Lipinski definition) is 1. The van der Waals surface area contributed by atoms with Gasteiger partial charge in [0.2, 0.25) is 5.91 Å². The first kappa shape index (κ1) is 9.95. The predicted octanol–water partition coefficient (Wildman–Crippen LogP) is 1.64. The lowest BCUT2D eigenvalue weighted by Crippen LogP contribution is -2.21. The molecule has 2 nitrogen and oxygen atoms in total. The monoisotopic (exact) mass is 153 g/mol. The molecule has 0 aliphatic rings. The molecule has 0 aromatic heterocycles. The van der Waals surface area contributed by atoms with Crippen LogP contribution in [0.3, 0.4) is 0 Å². The molecule has 2 heteroatoms. The molecule has 0 saturated heterocycles. The van der Waals surface area contributed by atoms with Crippen molar-refractivity contribution in [1.29, 1.82) is 0 Å². The highest BCUT2D eigenvalue weighted by Gasteiger charge is 1.89. The molecule has 0 aromatic carbocycles. The first-order valence-electron chi connectivity index (χ1n) is 3.86. The van der Waals surface area contributed by atoms with Crippen molar-refractivity contribution >= 4 is 5.91 Å². The molecular formula is C9H15NO. The summed E-state index contributed by atoms with van der Waals surface area (Å²) in [5.41, 5.74) is 0. The zero-order valence-corrected chi connectivity index (χ0v) is 6.97. The average molecular weight is 153 g/mol. The Balaban J connectivity index is 3.42. The molecule has 1 N–H and O–H groups in total. The van der Waals surface area contributed by atoms with Crippen LogP contribution in [0, 0.1) is 0 Å². The van der Waals surface area contributed by atoms with Crippen molar-refractivity contribution < 1.29 is 4.79 Å². The number of allylic oxidation sites excluding steroid dienone is 2. The van der Waals surface area contributed by atoms with Crippen molar-refractivity contribution in [2.24, 2.45) is 0 Å². The van der Waals surface area contributed by atoms with E-state index in [0.717, 1.165) is 19.4 Å². The van der Waals surface area contributed by atoms with E-state index in [9.17, 15) is 4.79 Å². The van der Waals surface area contributed by atoms with E-state index in [1.807, 2.05) is 6.92 Å². The third-order valence-electron chi connectivity index (χ3n) is 1.12. The zero-order chi connectivity index (χ0) is 8.53. The normalized spacial score (nSPS) is 9.91. The van der Waals surface area contributed by atoms with Crippen LogP contribution in [0.5, 0.6) is 0 Å². The van der Waals surface area contributed by atoms with Gasteiger partial charge in [-0.3, -0.25) is 4.79 Å². The third kappa shape index (κ3) is 6.84. The van der Waals surface area contributed by atoms with E-state index < -0.39 is 0 Å². The molecule has 11 heavy (non-hydrogen) atoms. The molecule has 0 unspecified atom stereocenters. The molecule has 0 aliphatic heterocycles. The van der Waals surface area contributed by atoms with Crippen LogP contribution < -0.4 is 5.32 Å². The Morgan fingerprint density at radius 3 is 2.91 bits per heavy atom. The van der Waals surface area contributed by atoms with Gasteiger partial charge in [-0.15, -0.1) is 6.58 Å². The third-order valence-corrected chi connectivity index (χ3v) is 1.12. The van der Waals surface area contributed by atoms with E-state index in [1.165, 1.54) is 6.08 Å². The first-order chi connectivity index (χ1) is 5.31. The molecule has 0 aromatic rings. The fourth-order valence-electron chi connectivity index (χ4n) is 0.578. The van der Waals surface area contributed by atoms with Gasteiger partial charge in [0.05, 0.1) is 0 Å². The highest BCUT2D eigenvalue weighted by atomic mass is 16.1. The van der Waals surface area contributed by atoms with Gasteiger partial charge in [-0.2, -0.15) is 0 Å².